The molecule has 0 heterocycles. The number of rotatable bonds is 4. The Morgan fingerprint density at radius 2 is 1.62 bits per heavy atom. The second-order valence-corrected chi connectivity index (χ2v) is 4.71. The summed E-state index contributed by atoms with van der Waals surface area (Å²) in [7, 11) is 4.48. The lowest BCUT2D eigenvalue weighted by Crippen LogP contribution is -3.00. The highest BCUT2D eigenvalue weighted by atomic mass is 35.5. The summed E-state index contributed by atoms with van der Waals surface area (Å²) in [5.74, 6) is 0. The number of hydrogen-bond donors (Lipinski definition) is 1. The molecular formula is C9H24Cl2N2. The van der Waals surface area contributed by atoms with Gasteiger partial charge in [0.2, 0.25) is 0 Å². The maximum Gasteiger partial charge on any atom is 0.0799 e. The summed E-state index contributed by atoms with van der Waals surface area (Å²) >= 11 is 0. The quantitative estimate of drug-likeness (QED) is 0.594. The van der Waals surface area contributed by atoms with E-state index in [0.29, 0.717) is 0 Å². The number of nitrogens with two attached hydrogens (primary N) is 1. The van der Waals surface area contributed by atoms with Crippen LogP contribution in [0.5, 0.6) is 0 Å². The minimum absolute atomic E-state index is 0. The predicted octanol–water partition coefficient (Wildman–Crippen LogP) is -1.36. The first-order chi connectivity index (χ1) is 4.77. The number of hydrogen-bond acceptors (Lipinski definition) is 1. The third kappa shape index (κ3) is 12.5. The van der Waals surface area contributed by atoms with Crippen LogP contribution < -0.4 is 18.1 Å². The molecule has 2 N–H and O–H groups in total. The molecule has 0 saturated carbocycles. The molecule has 0 aliphatic carbocycles. The van der Waals surface area contributed by atoms with Gasteiger partial charge in [0.15, 0.2) is 0 Å². The van der Waals surface area contributed by atoms with Crippen molar-refractivity contribution in [2.75, 3.05) is 27.2 Å². The van der Waals surface area contributed by atoms with Crippen LogP contribution in [0.3, 0.4) is 0 Å². The highest BCUT2D eigenvalue weighted by Gasteiger charge is 2.18. The first-order valence-corrected chi connectivity index (χ1v) is 4.38. The molecule has 0 atom stereocenters. The van der Waals surface area contributed by atoms with Gasteiger partial charge in [0.25, 0.3) is 0 Å². The zero-order valence-electron chi connectivity index (χ0n) is 9.43. The van der Waals surface area contributed by atoms with Crippen LogP contribution in [-0.2, 0) is 0 Å². The normalized spacial score (nSPS) is 11.5. The van der Waals surface area contributed by atoms with Gasteiger partial charge in [0.05, 0.1) is 27.2 Å². The van der Waals surface area contributed by atoms with E-state index < -0.39 is 0 Å². The van der Waals surface area contributed by atoms with Crippen LogP contribution in [0.1, 0.15) is 27.2 Å². The SMILES string of the molecule is CC[N+](C)(C)CCC(C)(C)N.Cl.[Cl-]. The van der Waals surface area contributed by atoms with E-state index in [1.165, 1.54) is 13.1 Å². The molecular weight excluding hydrogens is 207 g/mol. The largest absolute Gasteiger partial charge is 1.00 e. The van der Waals surface area contributed by atoms with Gasteiger partial charge in [-0.3, -0.25) is 0 Å². The molecule has 0 rings (SSSR count). The van der Waals surface area contributed by atoms with Crippen molar-refractivity contribution >= 4 is 12.4 Å². The molecule has 0 bridgehead atoms. The fourth-order valence-electron chi connectivity index (χ4n) is 0.749. The zero-order chi connectivity index (χ0) is 9.12. The Hall–Kier alpha value is 0.500. The molecule has 13 heavy (non-hydrogen) atoms. The lowest BCUT2D eigenvalue weighted by atomic mass is 10.0. The summed E-state index contributed by atoms with van der Waals surface area (Å²) in [5.41, 5.74) is 5.88. The Bertz CT molecular complexity index is 119. The molecule has 0 aliphatic rings. The Morgan fingerprint density at radius 3 is 1.85 bits per heavy atom. The van der Waals surface area contributed by atoms with Crippen LogP contribution in [-0.4, -0.2) is 37.2 Å². The van der Waals surface area contributed by atoms with Gasteiger partial charge in [0, 0.05) is 12.0 Å². The van der Waals surface area contributed by atoms with Crippen molar-refractivity contribution in [1.29, 1.82) is 0 Å². The molecule has 0 saturated heterocycles. The lowest BCUT2D eigenvalue weighted by Gasteiger charge is -2.31. The molecule has 0 aliphatic heterocycles. The summed E-state index contributed by atoms with van der Waals surface area (Å²) in [6.07, 6.45) is 1.09. The van der Waals surface area contributed by atoms with E-state index in [1.54, 1.807) is 0 Å². The molecule has 0 aromatic carbocycles. The van der Waals surface area contributed by atoms with Crippen molar-refractivity contribution < 1.29 is 16.9 Å². The predicted molar refractivity (Wildman–Crippen MR) is 57.6 cm³/mol. The molecule has 0 aromatic rings. The van der Waals surface area contributed by atoms with Crippen LogP contribution >= 0.6 is 12.4 Å². The average molecular weight is 231 g/mol. The molecule has 0 spiro atoms. The van der Waals surface area contributed by atoms with Crippen molar-refractivity contribution in [3.63, 3.8) is 0 Å². The van der Waals surface area contributed by atoms with Gasteiger partial charge in [-0.1, -0.05) is 0 Å². The second-order valence-electron chi connectivity index (χ2n) is 4.71. The van der Waals surface area contributed by atoms with E-state index in [2.05, 4.69) is 34.9 Å². The minimum Gasteiger partial charge on any atom is -1.00 e. The smallest absolute Gasteiger partial charge is 0.0799 e. The lowest BCUT2D eigenvalue weighted by molar-refractivity contribution is -0.889. The van der Waals surface area contributed by atoms with Gasteiger partial charge in [-0.25, -0.2) is 0 Å². The summed E-state index contributed by atoms with van der Waals surface area (Å²) in [4.78, 5) is 0. The molecule has 0 unspecified atom stereocenters. The van der Waals surface area contributed by atoms with Crippen LogP contribution in [0.4, 0.5) is 0 Å². The summed E-state index contributed by atoms with van der Waals surface area (Å²) in [5, 5.41) is 0. The van der Waals surface area contributed by atoms with E-state index in [0.717, 1.165) is 10.9 Å². The van der Waals surface area contributed by atoms with Gasteiger partial charge in [-0.05, 0) is 20.8 Å². The molecule has 0 radical (unpaired) electrons. The van der Waals surface area contributed by atoms with Gasteiger partial charge >= 0.3 is 0 Å². The van der Waals surface area contributed by atoms with E-state index in [4.69, 9.17) is 5.73 Å². The second kappa shape index (κ2) is 6.88. The van der Waals surface area contributed by atoms with E-state index in [9.17, 15) is 0 Å². The van der Waals surface area contributed by atoms with E-state index in [-0.39, 0.29) is 30.4 Å². The average Bonchev–Trinajstić information content (AvgIpc) is 1.83. The van der Waals surface area contributed by atoms with Gasteiger partial charge in [-0.2, -0.15) is 0 Å². The van der Waals surface area contributed by atoms with E-state index in [1.807, 2.05) is 0 Å². The molecule has 0 aromatic heterocycles. The third-order valence-electron chi connectivity index (χ3n) is 2.22. The Kier molecular flexibility index (Phi) is 10.1. The van der Waals surface area contributed by atoms with Crippen LogP contribution in [0, 0.1) is 0 Å². The Balaban J connectivity index is -0.000000500. The monoisotopic (exact) mass is 230 g/mol. The molecule has 4 heteroatoms. The minimum atomic E-state index is -0.00924. The van der Waals surface area contributed by atoms with Crippen molar-refractivity contribution in [3.05, 3.63) is 0 Å². The zero-order valence-corrected chi connectivity index (χ0v) is 11.0. The molecule has 0 fully saturated rings. The van der Waals surface area contributed by atoms with Gasteiger partial charge < -0.3 is 22.6 Å². The van der Waals surface area contributed by atoms with Crippen molar-refractivity contribution in [3.8, 4) is 0 Å². The topological polar surface area (TPSA) is 26.0 Å². The number of nitrogens with zero attached hydrogens (tertiary/aromatic N) is 1. The highest BCUT2D eigenvalue weighted by molar-refractivity contribution is 5.85. The summed E-state index contributed by atoms with van der Waals surface area (Å²) in [6.45, 7) is 8.73. The van der Waals surface area contributed by atoms with E-state index >= 15 is 0 Å². The van der Waals surface area contributed by atoms with Gasteiger partial charge in [-0.15, -0.1) is 12.4 Å². The number of halogens is 2. The third-order valence-corrected chi connectivity index (χ3v) is 2.22. The fourth-order valence-corrected chi connectivity index (χ4v) is 0.749. The summed E-state index contributed by atoms with van der Waals surface area (Å²) in [6, 6.07) is 0. The first-order valence-electron chi connectivity index (χ1n) is 4.38. The van der Waals surface area contributed by atoms with Crippen molar-refractivity contribution in [1.82, 2.24) is 0 Å². The first kappa shape index (κ1) is 19.1. The molecule has 2 nitrogen and oxygen atoms in total. The van der Waals surface area contributed by atoms with Crippen molar-refractivity contribution in [2.45, 2.75) is 32.7 Å². The van der Waals surface area contributed by atoms with Crippen molar-refractivity contribution in [2.24, 2.45) is 5.73 Å². The standard InChI is InChI=1S/C9H23N2.2ClH/c1-6-11(4,5)8-7-9(2,3)10;;/h6-8,10H2,1-5H3;2*1H/q+1;;/p-1. The Morgan fingerprint density at radius 1 is 1.23 bits per heavy atom. The molecule has 0 amide bonds. The maximum absolute atomic E-state index is 5.89. The molecule has 84 valence electrons. The van der Waals surface area contributed by atoms with Gasteiger partial charge in [0.1, 0.15) is 0 Å². The Labute approximate surface area is 95.3 Å². The van der Waals surface area contributed by atoms with Crippen LogP contribution in [0.25, 0.3) is 0 Å². The number of quaternary nitrogens is 1. The van der Waals surface area contributed by atoms with Crippen LogP contribution in [0.15, 0.2) is 0 Å². The summed E-state index contributed by atoms with van der Waals surface area (Å²) < 4.78 is 1.07. The maximum atomic E-state index is 5.89. The fraction of sp³-hybridized carbons (Fsp3) is 1.00. The van der Waals surface area contributed by atoms with Crippen LogP contribution in [0.2, 0.25) is 0 Å². The highest BCUT2D eigenvalue weighted by Crippen LogP contribution is 2.07.